The molecular formula is C24H18ClF5N6O. The van der Waals surface area contributed by atoms with Gasteiger partial charge in [0.2, 0.25) is 5.91 Å². The van der Waals surface area contributed by atoms with Crippen LogP contribution in [0.2, 0.25) is 5.02 Å². The Morgan fingerprint density at radius 2 is 1.78 bits per heavy atom. The van der Waals surface area contributed by atoms with E-state index in [1.54, 1.807) is 31.2 Å². The van der Waals surface area contributed by atoms with Crippen LogP contribution < -0.4 is 11.1 Å². The van der Waals surface area contributed by atoms with Crippen LogP contribution in [0.4, 0.5) is 33.6 Å². The van der Waals surface area contributed by atoms with Crippen molar-refractivity contribution in [3.8, 4) is 11.5 Å². The van der Waals surface area contributed by atoms with E-state index in [2.05, 4.69) is 20.4 Å². The van der Waals surface area contributed by atoms with Crippen LogP contribution in [0.3, 0.4) is 0 Å². The zero-order valence-electron chi connectivity index (χ0n) is 19.1. The van der Waals surface area contributed by atoms with E-state index in [0.29, 0.717) is 16.5 Å². The van der Waals surface area contributed by atoms with Crippen molar-refractivity contribution < 1.29 is 26.7 Å². The molecule has 0 aliphatic carbocycles. The Balaban J connectivity index is 1.61. The van der Waals surface area contributed by atoms with E-state index < -0.39 is 30.5 Å². The zero-order valence-corrected chi connectivity index (χ0v) is 19.8. The molecule has 5 rings (SSSR count). The van der Waals surface area contributed by atoms with Gasteiger partial charge in [0.05, 0.1) is 11.1 Å². The van der Waals surface area contributed by atoms with Gasteiger partial charge in [0.1, 0.15) is 22.7 Å². The lowest BCUT2D eigenvalue weighted by atomic mass is 9.78. The summed E-state index contributed by atoms with van der Waals surface area (Å²) in [6, 6.07) is 13.3. The van der Waals surface area contributed by atoms with Crippen molar-refractivity contribution in [1.82, 2.24) is 19.7 Å². The SMILES string of the molecule is C[C@@]1(c2ccccc2)C(=O)Nc2nc(-c3nn(CCC(F)(F)C(F)(F)F)c4cc(Cl)ccc34)nc(N)c21. The van der Waals surface area contributed by atoms with Crippen LogP contribution >= 0.6 is 11.6 Å². The minimum Gasteiger partial charge on any atom is -0.383 e. The summed E-state index contributed by atoms with van der Waals surface area (Å²) < 4.78 is 66.3. The summed E-state index contributed by atoms with van der Waals surface area (Å²) in [4.78, 5) is 21.8. The Kier molecular flexibility index (Phi) is 5.63. The fourth-order valence-corrected chi connectivity index (χ4v) is 4.60. The van der Waals surface area contributed by atoms with Gasteiger partial charge >= 0.3 is 12.1 Å². The lowest BCUT2D eigenvalue weighted by Crippen LogP contribution is -2.37. The van der Waals surface area contributed by atoms with E-state index >= 15 is 0 Å². The third kappa shape index (κ3) is 3.95. The van der Waals surface area contributed by atoms with Gasteiger partial charge in [-0.1, -0.05) is 41.9 Å². The van der Waals surface area contributed by atoms with E-state index in [0.717, 1.165) is 4.68 Å². The van der Waals surface area contributed by atoms with E-state index in [1.165, 1.54) is 18.2 Å². The minimum atomic E-state index is -5.70. The van der Waals surface area contributed by atoms with Crippen LogP contribution in [0.5, 0.6) is 0 Å². The molecule has 1 atom stereocenters. The number of benzene rings is 2. The highest BCUT2D eigenvalue weighted by Crippen LogP contribution is 2.45. The van der Waals surface area contributed by atoms with Crippen molar-refractivity contribution in [3.05, 3.63) is 64.7 Å². The smallest absolute Gasteiger partial charge is 0.383 e. The third-order valence-corrected chi connectivity index (χ3v) is 6.69. The number of hydrogen-bond acceptors (Lipinski definition) is 5. The quantitative estimate of drug-likeness (QED) is 0.325. The second-order valence-electron chi connectivity index (χ2n) is 8.79. The van der Waals surface area contributed by atoms with Crippen LogP contribution in [0.1, 0.15) is 24.5 Å². The maximum atomic E-state index is 13.6. The van der Waals surface area contributed by atoms with Gasteiger partial charge in [0.25, 0.3) is 0 Å². The van der Waals surface area contributed by atoms with E-state index in [4.69, 9.17) is 17.3 Å². The van der Waals surface area contributed by atoms with Gasteiger partial charge in [-0.05, 0) is 30.7 Å². The highest BCUT2D eigenvalue weighted by Gasteiger charge is 2.56. The van der Waals surface area contributed by atoms with Crippen molar-refractivity contribution in [3.63, 3.8) is 0 Å². The molecular weight excluding hydrogens is 519 g/mol. The number of hydrogen-bond donors (Lipinski definition) is 2. The van der Waals surface area contributed by atoms with Gasteiger partial charge in [0, 0.05) is 23.4 Å². The molecule has 2 aromatic heterocycles. The predicted molar refractivity (Wildman–Crippen MR) is 127 cm³/mol. The van der Waals surface area contributed by atoms with Crippen LogP contribution in [0, 0.1) is 0 Å². The molecule has 1 aliphatic heterocycles. The van der Waals surface area contributed by atoms with E-state index in [9.17, 15) is 26.7 Å². The molecule has 0 saturated heterocycles. The highest BCUT2D eigenvalue weighted by atomic mass is 35.5. The summed E-state index contributed by atoms with van der Waals surface area (Å²) in [5.41, 5.74) is 6.46. The maximum absolute atomic E-state index is 13.6. The predicted octanol–water partition coefficient (Wildman–Crippen LogP) is 5.57. The van der Waals surface area contributed by atoms with Crippen LogP contribution in [0.25, 0.3) is 22.4 Å². The number of halogens is 6. The van der Waals surface area contributed by atoms with Crippen LogP contribution in [-0.4, -0.2) is 37.8 Å². The van der Waals surface area contributed by atoms with E-state index in [-0.39, 0.29) is 39.6 Å². The minimum absolute atomic E-state index is 0.00929. The Labute approximate surface area is 211 Å². The summed E-state index contributed by atoms with van der Waals surface area (Å²) in [5, 5.41) is 7.52. The Morgan fingerprint density at radius 1 is 1.08 bits per heavy atom. The molecule has 4 aromatic rings. The maximum Gasteiger partial charge on any atom is 0.453 e. The fraction of sp³-hybridized carbons (Fsp3) is 0.250. The Hall–Kier alpha value is -3.80. The lowest BCUT2D eigenvalue weighted by molar-refractivity contribution is -0.285. The van der Waals surface area contributed by atoms with Crippen molar-refractivity contribution in [1.29, 1.82) is 0 Å². The molecule has 37 heavy (non-hydrogen) atoms. The monoisotopic (exact) mass is 536 g/mol. The van der Waals surface area contributed by atoms with Crippen molar-refractivity contribution in [2.45, 2.75) is 37.4 Å². The summed E-state index contributed by atoms with van der Waals surface area (Å²) in [6.45, 7) is 0.933. The van der Waals surface area contributed by atoms with Gasteiger partial charge in [0.15, 0.2) is 5.82 Å². The molecule has 0 spiro atoms. The number of nitrogen functional groups attached to an aromatic ring is 1. The van der Waals surface area contributed by atoms with Crippen LogP contribution in [-0.2, 0) is 16.8 Å². The number of rotatable bonds is 5. The van der Waals surface area contributed by atoms with Crippen LogP contribution in [0.15, 0.2) is 48.5 Å². The normalized spacial score (nSPS) is 17.8. The summed E-state index contributed by atoms with van der Waals surface area (Å²) >= 11 is 6.05. The van der Waals surface area contributed by atoms with E-state index in [1.807, 2.05) is 6.07 Å². The number of carbonyl (C=O) groups is 1. The summed E-state index contributed by atoms with van der Waals surface area (Å²) in [5.74, 6) is -5.18. The number of alkyl halides is 5. The number of amides is 1. The molecule has 2 aromatic carbocycles. The third-order valence-electron chi connectivity index (χ3n) is 6.45. The number of fused-ring (bicyclic) bond motifs is 2. The average molecular weight is 537 g/mol. The number of nitrogens with zero attached hydrogens (tertiary/aromatic N) is 4. The Morgan fingerprint density at radius 3 is 2.46 bits per heavy atom. The number of carbonyl (C=O) groups excluding carboxylic acids is 1. The van der Waals surface area contributed by atoms with Gasteiger partial charge in [-0.15, -0.1) is 0 Å². The molecule has 0 radical (unpaired) electrons. The number of anilines is 2. The first-order valence-corrected chi connectivity index (χ1v) is 11.4. The van der Waals surface area contributed by atoms with Crippen molar-refractivity contribution in [2.75, 3.05) is 11.1 Å². The first kappa shape index (κ1) is 24.9. The molecule has 3 heterocycles. The average Bonchev–Trinajstić information content (AvgIpc) is 3.32. The number of aryl methyl sites for hydroxylation is 1. The molecule has 1 amide bonds. The fourth-order valence-electron chi connectivity index (χ4n) is 4.43. The van der Waals surface area contributed by atoms with Gasteiger partial charge in [-0.3, -0.25) is 9.48 Å². The summed E-state index contributed by atoms with van der Waals surface area (Å²) in [6.07, 6.45) is -7.23. The number of nitrogens with one attached hydrogen (secondary N) is 1. The van der Waals surface area contributed by atoms with Gasteiger partial charge in [-0.25, -0.2) is 9.97 Å². The lowest BCUT2D eigenvalue weighted by Gasteiger charge is -2.23. The molecule has 3 N–H and O–H groups in total. The van der Waals surface area contributed by atoms with Gasteiger partial charge in [-0.2, -0.15) is 27.1 Å². The number of aromatic nitrogens is 4. The summed E-state index contributed by atoms with van der Waals surface area (Å²) in [7, 11) is 0. The molecule has 0 bridgehead atoms. The molecule has 0 fully saturated rings. The molecule has 0 unspecified atom stereocenters. The molecule has 0 saturated carbocycles. The largest absolute Gasteiger partial charge is 0.453 e. The first-order chi connectivity index (χ1) is 17.3. The standard InChI is InChI=1S/C24H18ClF5N6O/c1-22(12-5-3-2-4-6-12)16-18(31)32-20(33-19(16)34-21(22)37)17-14-8-7-13(25)11-15(14)36(35-17)10-9-23(26,27)24(28,29)30/h2-8,11H,9-10H2,1H3,(H3,31,32,33,34,37)/t22-/m0/s1. The molecule has 1 aliphatic rings. The Bertz CT molecular complexity index is 1540. The van der Waals surface area contributed by atoms with Gasteiger partial charge < -0.3 is 11.1 Å². The first-order valence-electron chi connectivity index (χ1n) is 11.0. The zero-order chi connectivity index (χ0) is 26.8. The topological polar surface area (TPSA) is 98.7 Å². The second kappa shape index (κ2) is 8.37. The van der Waals surface area contributed by atoms with Crippen molar-refractivity contribution >= 4 is 40.0 Å². The van der Waals surface area contributed by atoms with Crippen molar-refractivity contribution in [2.24, 2.45) is 0 Å². The highest BCUT2D eigenvalue weighted by molar-refractivity contribution is 6.31. The molecule has 192 valence electrons. The molecule has 13 heteroatoms. The second-order valence-corrected chi connectivity index (χ2v) is 9.22. The molecule has 7 nitrogen and oxygen atoms in total. The number of nitrogens with two attached hydrogens (primary N) is 1.